The molecular formula is C17H22N2O2. The molecule has 2 aromatic carbocycles. The summed E-state index contributed by atoms with van der Waals surface area (Å²) < 4.78 is 5.45. The maximum absolute atomic E-state index is 12.0. The summed E-state index contributed by atoms with van der Waals surface area (Å²) >= 11 is 0. The molecule has 21 heavy (non-hydrogen) atoms. The van der Waals surface area contributed by atoms with E-state index in [1.807, 2.05) is 43.3 Å². The quantitative estimate of drug-likeness (QED) is 0.858. The second kappa shape index (κ2) is 6.59. The van der Waals surface area contributed by atoms with Crippen molar-refractivity contribution in [2.45, 2.75) is 32.4 Å². The average Bonchev–Trinajstić information content (AvgIpc) is 2.51. The molecular weight excluding hydrogens is 264 g/mol. The average molecular weight is 286 g/mol. The van der Waals surface area contributed by atoms with E-state index in [-0.39, 0.29) is 6.04 Å². The van der Waals surface area contributed by atoms with Gasteiger partial charge in [-0.3, -0.25) is 10.1 Å². The molecule has 0 aliphatic rings. The highest BCUT2D eigenvalue weighted by Gasteiger charge is 2.25. The molecule has 0 fully saturated rings. The molecule has 1 amide bonds. The summed E-state index contributed by atoms with van der Waals surface area (Å²) in [7, 11) is 1.61. The Balaban J connectivity index is 2.62. The van der Waals surface area contributed by atoms with Crippen molar-refractivity contribution in [1.29, 1.82) is 0 Å². The standard InChI is InChI=1S/C17H22N2O2/c1-4-11(2)19-16(17(18)20)15-13-8-6-5-7-12(13)9-10-14(15)21-3/h5-11,16,19H,4H2,1-3H3,(H2,18,20). The van der Waals surface area contributed by atoms with Crippen LogP contribution in [0.25, 0.3) is 10.8 Å². The lowest BCUT2D eigenvalue weighted by atomic mass is 9.96. The first-order valence-electron chi connectivity index (χ1n) is 7.19. The maximum atomic E-state index is 12.0. The van der Waals surface area contributed by atoms with Gasteiger partial charge in [-0.15, -0.1) is 0 Å². The van der Waals surface area contributed by atoms with E-state index in [9.17, 15) is 4.79 Å². The molecule has 0 aliphatic heterocycles. The number of carbonyl (C=O) groups is 1. The highest BCUT2D eigenvalue weighted by atomic mass is 16.5. The number of hydrogen-bond donors (Lipinski definition) is 2. The van der Waals surface area contributed by atoms with Crippen LogP contribution in [0.5, 0.6) is 5.75 Å². The van der Waals surface area contributed by atoms with Gasteiger partial charge in [0.2, 0.25) is 5.91 Å². The first kappa shape index (κ1) is 15.3. The predicted molar refractivity (Wildman–Crippen MR) is 85.3 cm³/mol. The summed E-state index contributed by atoms with van der Waals surface area (Å²) in [6, 6.07) is 11.4. The second-order valence-electron chi connectivity index (χ2n) is 5.21. The van der Waals surface area contributed by atoms with Gasteiger partial charge in [0.15, 0.2) is 0 Å². The molecule has 0 saturated carbocycles. The van der Waals surface area contributed by atoms with Crippen molar-refractivity contribution in [3.05, 3.63) is 42.0 Å². The molecule has 3 N–H and O–H groups in total. The fourth-order valence-electron chi connectivity index (χ4n) is 2.46. The first-order chi connectivity index (χ1) is 10.1. The summed E-state index contributed by atoms with van der Waals surface area (Å²) in [5.41, 5.74) is 6.44. The van der Waals surface area contributed by atoms with Crippen molar-refractivity contribution in [3.8, 4) is 5.75 Å². The molecule has 0 aliphatic carbocycles. The lowest BCUT2D eigenvalue weighted by Crippen LogP contribution is -2.38. The van der Waals surface area contributed by atoms with Crippen molar-refractivity contribution in [1.82, 2.24) is 5.32 Å². The Morgan fingerprint density at radius 2 is 2.00 bits per heavy atom. The molecule has 0 spiro atoms. The molecule has 112 valence electrons. The van der Waals surface area contributed by atoms with E-state index in [0.29, 0.717) is 5.75 Å². The van der Waals surface area contributed by atoms with Gasteiger partial charge in [0, 0.05) is 11.6 Å². The van der Waals surface area contributed by atoms with Crippen molar-refractivity contribution in [2.24, 2.45) is 5.73 Å². The Bertz CT molecular complexity index is 640. The van der Waals surface area contributed by atoms with Crippen LogP contribution in [0.15, 0.2) is 36.4 Å². The van der Waals surface area contributed by atoms with Crippen LogP contribution in [0.3, 0.4) is 0 Å². The number of fused-ring (bicyclic) bond motifs is 1. The van der Waals surface area contributed by atoms with Gasteiger partial charge in [-0.05, 0) is 30.2 Å². The summed E-state index contributed by atoms with van der Waals surface area (Å²) in [6.45, 7) is 4.10. The minimum Gasteiger partial charge on any atom is -0.496 e. The highest BCUT2D eigenvalue weighted by Crippen LogP contribution is 2.33. The molecule has 2 atom stereocenters. The second-order valence-corrected chi connectivity index (χ2v) is 5.21. The summed E-state index contributed by atoms with van der Waals surface area (Å²) in [5, 5.41) is 5.34. The molecule has 0 bridgehead atoms. The predicted octanol–water partition coefficient (Wildman–Crippen LogP) is 2.76. The number of carbonyl (C=O) groups excluding carboxylic acids is 1. The fourth-order valence-corrected chi connectivity index (χ4v) is 2.46. The number of benzene rings is 2. The number of amides is 1. The van der Waals surface area contributed by atoms with E-state index >= 15 is 0 Å². The van der Waals surface area contributed by atoms with Crippen LogP contribution in [0.2, 0.25) is 0 Å². The van der Waals surface area contributed by atoms with Crippen LogP contribution in [-0.4, -0.2) is 19.1 Å². The number of hydrogen-bond acceptors (Lipinski definition) is 3. The molecule has 0 aromatic heterocycles. The van der Waals surface area contributed by atoms with E-state index in [2.05, 4.69) is 12.2 Å². The van der Waals surface area contributed by atoms with Crippen molar-refractivity contribution < 1.29 is 9.53 Å². The van der Waals surface area contributed by atoms with Gasteiger partial charge in [0.25, 0.3) is 0 Å². The van der Waals surface area contributed by atoms with Gasteiger partial charge in [0.05, 0.1) is 7.11 Å². The topological polar surface area (TPSA) is 64.3 Å². The van der Waals surface area contributed by atoms with Crippen LogP contribution in [0.1, 0.15) is 31.9 Å². The van der Waals surface area contributed by atoms with Gasteiger partial charge in [-0.2, -0.15) is 0 Å². The number of nitrogens with one attached hydrogen (secondary N) is 1. The maximum Gasteiger partial charge on any atom is 0.239 e. The molecule has 0 heterocycles. The SMILES string of the molecule is CCC(C)NC(C(N)=O)c1c(OC)ccc2ccccc12. The number of primary amides is 1. The van der Waals surface area contributed by atoms with Gasteiger partial charge in [-0.1, -0.05) is 37.3 Å². The number of ether oxygens (including phenoxy) is 1. The third-order valence-electron chi connectivity index (χ3n) is 3.79. The minimum atomic E-state index is -0.569. The van der Waals surface area contributed by atoms with E-state index < -0.39 is 11.9 Å². The lowest BCUT2D eigenvalue weighted by Gasteiger charge is -2.23. The van der Waals surface area contributed by atoms with Crippen LogP contribution >= 0.6 is 0 Å². The summed E-state index contributed by atoms with van der Waals surface area (Å²) in [6.07, 6.45) is 0.914. The van der Waals surface area contributed by atoms with Crippen LogP contribution in [-0.2, 0) is 4.79 Å². The van der Waals surface area contributed by atoms with Gasteiger partial charge >= 0.3 is 0 Å². The Kier molecular flexibility index (Phi) is 4.81. The van der Waals surface area contributed by atoms with Crippen LogP contribution in [0.4, 0.5) is 0 Å². The zero-order valence-corrected chi connectivity index (χ0v) is 12.7. The van der Waals surface area contributed by atoms with E-state index in [0.717, 1.165) is 22.8 Å². The minimum absolute atomic E-state index is 0.186. The third kappa shape index (κ3) is 3.16. The molecule has 2 aromatic rings. The monoisotopic (exact) mass is 286 g/mol. The Labute approximate surface area is 125 Å². The Morgan fingerprint density at radius 3 is 2.62 bits per heavy atom. The number of methoxy groups -OCH3 is 1. The van der Waals surface area contributed by atoms with Gasteiger partial charge < -0.3 is 10.5 Å². The van der Waals surface area contributed by atoms with E-state index in [4.69, 9.17) is 10.5 Å². The molecule has 0 radical (unpaired) electrons. The zero-order valence-electron chi connectivity index (χ0n) is 12.7. The Morgan fingerprint density at radius 1 is 1.29 bits per heavy atom. The summed E-state index contributed by atoms with van der Waals surface area (Å²) in [4.78, 5) is 12.0. The van der Waals surface area contributed by atoms with Gasteiger partial charge in [-0.25, -0.2) is 0 Å². The normalized spacial score (nSPS) is 13.9. The van der Waals surface area contributed by atoms with Crippen molar-refractivity contribution >= 4 is 16.7 Å². The fraction of sp³-hybridized carbons (Fsp3) is 0.353. The van der Waals surface area contributed by atoms with E-state index in [1.165, 1.54) is 0 Å². The van der Waals surface area contributed by atoms with E-state index in [1.54, 1.807) is 7.11 Å². The number of rotatable bonds is 6. The summed E-state index contributed by atoms with van der Waals surface area (Å²) in [5.74, 6) is 0.276. The van der Waals surface area contributed by atoms with Gasteiger partial charge in [0.1, 0.15) is 11.8 Å². The van der Waals surface area contributed by atoms with Crippen molar-refractivity contribution in [3.63, 3.8) is 0 Å². The van der Waals surface area contributed by atoms with Crippen LogP contribution in [0, 0.1) is 0 Å². The smallest absolute Gasteiger partial charge is 0.239 e. The molecule has 4 heteroatoms. The van der Waals surface area contributed by atoms with Crippen LogP contribution < -0.4 is 15.8 Å². The first-order valence-corrected chi connectivity index (χ1v) is 7.19. The molecule has 4 nitrogen and oxygen atoms in total. The Hall–Kier alpha value is -2.07. The zero-order chi connectivity index (χ0) is 15.4. The van der Waals surface area contributed by atoms with Crippen molar-refractivity contribution in [2.75, 3.05) is 7.11 Å². The molecule has 2 unspecified atom stereocenters. The lowest BCUT2D eigenvalue weighted by molar-refractivity contribution is -0.120. The highest BCUT2D eigenvalue weighted by molar-refractivity contribution is 5.94. The molecule has 2 rings (SSSR count). The molecule has 0 saturated heterocycles. The largest absolute Gasteiger partial charge is 0.496 e. The number of nitrogens with two attached hydrogens (primary N) is 1. The third-order valence-corrected chi connectivity index (χ3v) is 3.79.